The van der Waals surface area contributed by atoms with Crippen molar-refractivity contribution in [1.82, 2.24) is 0 Å². The third kappa shape index (κ3) is 2.27. The quantitative estimate of drug-likeness (QED) is 0.631. The van der Waals surface area contributed by atoms with Crippen molar-refractivity contribution >= 4 is 11.6 Å². The fourth-order valence-electron chi connectivity index (χ4n) is 4.39. The van der Waals surface area contributed by atoms with Crippen LogP contribution >= 0.6 is 0 Å². The van der Waals surface area contributed by atoms with E-state index < -0.39 is 46.7 Å². The van der Waals surface area contributed by atoms with Gasteiger partial charge in [0.15, 0.2) is 17.3 Å². The second-order valence-corrected chi connectivity index (χ2v) is 7.72. The highest BCUT2D eigenvalue weighted by Crippen LogP contribution is 2.54. The zero-order valence-corrected chi connectivity index (χ0v) is 15.3. The normalized spacial score (nSPS) is 31.1. The first-order valence-corrected chi connectivity index (χ1v) is 8.52. The van der Waals surface area contributed by atoms with Gasteiger partial charge in [-0.2, -0.15) is 0 Å². The molecule has 0 aromatic heterocycles. The van der Waals surface area contributed by atoms with E-state index in [1.165, 1.54) is 7.11 Å². The lowest BCUT2D eigenvalue weighted by Gasteiger charge is -2.39. The molecule has 0 amide bonds. The number of carbonyl (C=O) groups is 2. The lowest BCUT2D eigenvalue weighted by Crippen LogP contribution is -2.46. The molecule has 1 aromatic carbocycles. The molecule has 144 valence electrons. The summed E-state index contributed by atoms with van der Waals surface area (Å²) in [4.78, 5) is 25.1. The van der Waals surface area contributed by atoms with Gasteiger partial charge in [-0.15, -0.1) is 0 Å². The third-order valence-corrected chi connectivity index (χ3v) is 5.37. The van der Waals surface area contributed by atoms with Gasteiger partial charge >= 0.3 is 0 Å². The fraction of sp³-hybridized carbons (Fsp3) is 0.474. The number of Topliss-reactive ketones (excluding diaryl/α,β-unsaturated/α-hetero) is 1. The van der Waals surface area contributed by atoms with Crippen LogP contribution in [0.4, 0.5) is 0 Å². The molecule has 1 fully saturated rings. The minimum atomic E-state index is -1.35. The molecule has 1 aliphatic heterocycles. The van der Waals surface area contributed by atoms with E-state index in [-0.39, 0.29) is 34.4 Å². The molecule has 4 rings (SSSR count). The first kappa shape index (κ1) is 18.0. The molecule has 3 atom stereocenters. The van der Waals surface area contributed by atoms with E-state index in [1.807, 2.05) is 0 Å². The van der Waals surface area contributed by atoms with Gasteiger partial charge in [-0.3, -0.25) is 9.59 Å². The highest BCUT2D eigenvalue weighted by atomic mass is 16.8. The second kappa shape index (κ2) is 5.31. The molecule has 3 aliphatic rings. The van der Waals surface area contributed by atoms with E-state index in [0.29, 0.717) is 0 Å². The Morgan fingerprint density at radius 3 is 2.44 bits per heavy atom. The summed E-state index contributed by atoms with van der Waals surface area (Å²) in [6, 6.07) is 0. The maximum absolute atomic E-state index is 12.6. The first-order valence-electron chi connectivity index (χ1n) is 8.52. The molecule has 1 saturated heterocycles. The van der Waals surface area contributed by atoms with Crippen LogP contribution in [0, 0.1) is 0 Å². The molecule has 27 heavy (non-hydrogen) atoms. The lowest BCUT2D eigenvalue weighted by molar-refractivity contribution is -0.163. The van der Waals surface area contributed by atoms with Crippen molar-refractivity contribution in [2.24, 2.45) is 0 Å². The van der Waals surface area contributed by atoms with Gasteiger partial charge in [0.05, 0.1) is 18.2 Å². The summed E-state index contributed by atoms with van der Waals surface area (Å²) in [5, 5.41) is 32.4. The van der Waals surface area contributed by atoms with Crippen LogP contribution in [-0.4, -0.2) is 51.5 Å². The number of phenolic OH excluding ortho intramolecular Hbond substituents is 2. The average molecular weight is 376 g/mol. The summed E-state index contributed by atoms with van der Waals surface area (Å²) in [5.41, 5.74) is -1.54. The van der Waals surface area contributed by atoms with Crippen molar-refractivity contribution in [3.63, 3.8) is 0 Å². The summed E-state index contributed by atoms with van der Waals surface area (Å²) in [6.45, 7) is 5.11. The van der Waals surface area contributed by atoms with Crippen LogP contribution in [0.25, 0.3) is 0 Å². The summed E-state index contributed by atoms with van der Waals surface area (Å²) < 4.78 is 16.6. The minimum absolute atomic E-state index is 0.0227. The van der Waals surface area contributed by atoms with E-state index in [4.69, 9.17) is 14.2 Å². The molecule has 1 aromatic rings. The van der Waals surface area contributed by atoms with E-state index >= 15 is 0 Å². The molecule has 0 bridgehead atoms. The Labute approximate surface area is 155 Å². The van der Waals surface area contributed by atoms with Gasteiger partial charge in [-0.1, -0.05) is 0 Å². The predicted molar refractivity (Wildman–Crippen MR) is 90.6 cm³/mol. The summed E-state index contributed by atoms with van der Waals surface area (Å²) in [7, 11) is 1.23. The Morgan fingerprint density at radius 2 is 1.81 bits per heavy atom. The van der Waals surface area contributed by atoms with Crippen LogP contribution in [0.3, 0.4) is 0 Å². The zero-order chi connectivity index (χ0) is 19.9. The second-order valence-electron chi connectivity index (χ2n) is 7.72. The Kier molecular flexibility index (Phi) is 3.53. The van der Waals surface area contributed by atoms with Crippen molar-refractivity contribution in [2.75, 3.05) is 7.11 Å². The van der Waals surface area contributed by atoms with Crippen LogP contribution in [0.5, 0.6) is 11.5 Å². The Morgan fingerprint density at radius 1 is 1.15 bits per heavy atom. The number of allylic oxidation sites excluding steroid dienone is 2. The Bertz CT molecular complexity index is 928. The van der Waals surface area contributed by atoms with Crippen molar-refractivity contribution in [3.05, 3.63) is 34.1 Å². The van der Waals surface area contributed by atoms with Gasteiger partial charge in [0, 0.05) is 23.6 Å². The number of hydrogen-bond donors (Lipinski definition) is 3. The van der Waals surface area contributed by atoms with E-state index in [1.54, 1.807) is 20.8 Å². The standard InChI is InChI=1S/C19H20O8/c1-18(2)26-17-16(24)10-7(6-19(17,3)27-18)13(21)12-11(15(10)23)8(20)5-9(25-4)14(12)22/h5,16-17,21,23-24H,6H2,1-4H3. The van der Waals surface area contributed by atoms with Crippen LogP contribution in [0.2, 0.25) is 0 Å². The van der Waals surface area contributed by atoms with Gasteiger partial charge in [-0.25, -0.2) is 0 Å². The maximum atomic E-state index is 12.6. The number of benzene rings is 1. The molecule has 8 heteroatoms. The molecule has 1 heterocycles. The number of aliphatic hydroxyl groups is 1. The van der Waals surface area contributed by atoms with Crippen LogP contribution in [0.15, 0.2) is 11.8 Å². The number of ketones is 2. The molecule has 3 unspecified atom stereocenters. The average Bonchev–Trinajstić information content (AvgIpc) is 2.83. The maximum Gasteiger partial charge on any atom is 0.232 e. The minimum Gasteiger partial charge on any atom is -0.507 e. The van der Waals surface area contributed by atoms with Gasteiger partial charge < -0.3 is 29.5 Å². The number of carbonyl (C=O) groups excluding carboxylic acids is 2. The van der Waals surface area contributed by atoms with Crippen molar-refractivity contribution in [1.29, 1.82) is 0 Å². The largest absolute Gasteiger partial charge is 0.507 e. The van der Waals surface area contributed by atoms with E-state index in [2.05, 4.69) is 0 Å². The van der Waals surface area contributed by atoms with Crippen LogP contribution in [-0.2, 0) is 20.6 Å². The summed E-state index contributed by atoms with van der Waals surface area (Å²) in [6.07, 6.45) is -1.14. The van der Waals surface area contributed by atoms with Gasteiger partial charge in [-0.05, 0) is 20.8 Å². The molecule has 3 N–H and O–H groups in total. The predicted octanol–water partition coefficient (Wildman–Crippen LogP) is 1.51. The molecule has 2 aliphatic carbocycles. The van der Waals surface area contributed by atoms with E-state index in [0.717, 1.165) is 6.08 Å². The number of fused-ring (bicyclic) bond motifs is 3. The zero-order valence-electron chi connectivity index (χ0n) is 15.3. The number of aliphatic hydroxyl groups excluding tert-OH is 1. The Hall–Kier alpha value is -2.42. The van der Waals surface area contributed by atoms with Crippen molar-refractivity contribution < 1.29 is 39.1 Å². The van der Waals surface area contributed by atoms with Crippen LogP contribution < -0.4 is 0 Å². The molecule has 0 saturated carbocycles. The van der Waals surface area contributed by atoms with Gasteiger partial charge in [0.25, 0.3) is 0 Å². The topological polar surface area (TPSA) is 123 Å². The third-order valence-electron chi connectivity index (χ3n) is 5.37. The molecular formula is C19H20O8. The number of methoxy groups -OCH3 is 1. The number of ether oxygens (including phenoxy) is 3. The number of aromatic hydroxyl groups is 2. The summed E-state index contributed by atoms with van der Waals surface area (Å²) >= 11 is 0. The van der Waals surface area contributed by atoms with Crippen LogP contribution in [0.1, 0.15) is 58.7 Å². The molecule has 0 spiro atoms. The SMILES string of the molecule is COC1=CC(=O)c2c(O)c3c(c(O)c2C1=O)CC1(C)OC(C)(C)OC1C3O. The Balaban J connectivity index is 1.97. The molecular weight excluding hydrogens is 356 g/mol. The van der Waals surface area contributed by atoms with Gasteiger partial charge in [0.2, 0.25) is 5.78 Å². The fourth-order valence-corrected chi connectivity index (χ4v) is 4.39. The summed E-state index contributed by atoms with van der Waals surface area (Å²) in [5.74, 6) is -3.63. The highest BCUT2D eigenvalue weighted by molar-refractivity contribution is 6.26. The highest BCUT2D eigenvalue weighted by Gasteiger charge is 2.58. The number of rotatable bonds is 1. The lowest BCUT2D eigenvalue weighted by atomic mass is 9.74. The van der Waals surface area contributed by atoms with Crippen molar-refractivity contribution in [3.8, 4) is 11.5 Å². The van der Waals surface area contributed by atoms with Crippen molar-refractivity contribution in [2.45, 2.75) is 50.8 Å². The first-order chi connectivity index (χ1) is 12.5. The number of phenols is 2. The molecule has 0 radical (unpaired) electrons. The molecule has 8 nitrogen and oxygen atoms in total. The van der Waals surface area contributed by atoms with E-state index in [9.17, 15) is 24.9 Å². The van der Waals surface area contributed by atoms with Gasteiger partial charge in [0.1, 0.15) is 29.3 Å². The monoisotopic (exact) mass is 376 g/mol. The smallest absolute Gasteiger partial charge is 0.232 e. The number of hydrogen-bond acceptors (Lipinski definition) is 8.